The third-order valence-corrected chi connectivity index (χ3v) is 4.67. The molecule has 0 bridgehead atoms. The zero-order chi connectivity index (χ0) is 15.4. The Morgan fingerprint density at radius 3 is 2.79 bits per heavy atom. The smallest absolute Gasteiger partial charge is 0.222 e. The lowest BCUT2D eigenvalue weighted by Crippen LogP contribution is -2.44. The molecule has 134 valence electrons. The number of imidazole rings is 1. The fraction of sp³-hybridized carbons (Fsp3) is 0.529. The fourth-order valence-corrected chi connectivity index (χ4v) is 3.37. The van der Waals surface area contributed by atoms with E-state index in [1.807, 2.05) is 28.8 Å². The molecule has 5 nitrogen and oxygen atoms in total. The van der Waals surface area contributed by atoms with E-state index >= 15 is 0 Å². The highest BCUT2D eigenvalue weighted by Gasteiger charge is 2.25. The molecule has 1 amide bonds. The van der Waals surface area contributed by atoms with Crippen molar-refractivity contribution in [1.82, 2.24) is 14.9 Å². The molecular weight excluding hydrogens is 347 g/mol. The second kappa shape index (κ2) is 9.87. The highest BCUT2D eigenvalue weighted by atomic mass is 35.5. The number of fused-ring (bicyclic) bond motifs is 1. The van der Waals surface area contributed by atoms with Crippen LogP contribution in [-0.2, 0) is 11.3 Å². The molecule has 1 aromatic carbocycles. The molecule has 1 aromatic heterocycles. The summed E-state index contributed by atoms with van der Waals surface area (Å²) in [5.41, 5.74) is 7.87. The molecule has 2 atom stereocenters. The molecule has 24 heavy (non-hydrogen) atoms. The summed E-state index contributed by atoms with van der Waals surface area (Å²) in [6.07, 6.45) is 6.90. The van der Waals surface area contributed by atoms with Crippen LogP contribution in [0.1, 0.15) is 32.1 Å². The first-order valence-electron chi connectivity index (χ1n) is 8.17. The molecule has 0 radical (unpaired) electrons. The SMILES string of the molecule is Cl.Cl.NCC1CCCCC1NC(=O)CCn1cnc2ccccc21. The normalized spacial score (nSPS) is 20.0. The number of nitrogens with zero attached hydrogens (tertiary/aromatic N) is 2. The number of aromatic nitrogens is 2. The molecule has 1 saturated carbocycles. The van der Waals surface area contributed by atoms with E-state index in [0.717, 1.165) is 23.9 Å². The second-order valence-electron chi connectivity index (χ2n) is 6.13. The van der Waals surface area contributed by atoms with Gasteiger partial charge in [-0.15, -0.1) is 24.8 Å². The standard InChI is InChI=1S/C17H24N4O.2ClH/c18-11-13-5-1-2-6-14(13)20-17(22)9-10-21-12-19-15-7-3-4-8-16(15)21;;/h3-4,7-8,12-14H,1-2,5-6,9-11,18H2,(H,20,22);2*1H. The van der Waals surface area contributed by atoms with Crippen molar-refractivity contribution in [2.75, 3.05) is 6.54 Å². The maximum atomic E-state index is 12.2. The minimum atomic E-state index is 0. The highest BCUT2D eigenvalue weighted by molar-refractivity contribution is 5.85. The molecule has 1 aliphatic rings. The Morgan fingerprint density at radius 2 is 2.00 bits per heavy atom. The number of hydrogen-bond acceptors (Lipinski definition) is 3. The predicted octanol–water partition coefficient (Wildman–Crippen LogP) is 2.90. The minimum absolute atomic E-state index is 0. The van der Waals surface area contributed by atoms with Gasteiger partial charge in [0.1, 0.15) is 0 Å². The summed E-state index contributed by atoms with van der Waals surface area (Å²) < 4.78 is 2.04. The van der Waals surface area contributed by atoms with Crippen LogP contribution in [0.25, 0.3) is 11.0 Å². The number of halogens is 2. The van der Waals surface area contributed by atoms with Crippen molar-refractivity contribution in [1.29, 1.82) is 0 Å². The van der Waals surface area contributed by atoms with Gasteiger partial charge in [-0.05, 0) is 37.4 Å². The molecule has 2 aromatic rings. The number of nitrogens with two attached hydrogens (primary N) is 1. The Balaban J connectivity index is 0.00000144. The third-order valence-electron chi connectivity index (χ3n) is 4.67. The van der Waals surface area contributed by atoms with Crippen LogP contribution in [0.2, 0.25) is 0 Å². The average molecular weight is 373 g/mol. The van der Waals surface area contributed by atoms with Gasteiger partial charge in [0.05, 0.1) is 17.4 Å². The van der Waals surface area contributed by atoms with Gasteiger partial charge < -0.3 is 15.6 Å². The van der Waals surface area contributed by atoms with Gasteiger partial charge in [-0.3, -0.25) is 4.79 Å². The molecule has 0 aliphatic heterocycles. The summed E-state index contributed by atoms with van der Waals surface area (Å²) in [6.45, 7) is 1.32. The summed E-state index contributed by atoms with van der Waals surface area (Å²) in [7, 11) is 0. The minimum Gasteiger partial charge on any atom is -0.353 e. The largest absolute Gasteiger partial charge is 0.353 e. The van der Waals surface area contributed by atoms with Crippen LogP contribution < -0.4 is 11.1 Å². The summed E-state index contributed by atoms with van der Waals surface area (Å²) >= 11 is 0. The van der Waals surface area contributed by atoms with Crippen molar-refractivity contribution in [3.8, 4) is 0 Å². The molecule has 3 N–H and O–H groups in total. The number of rotatable bonds is 5. The Kier molecular flexibility index (Phi) is 8.53. The molecular formula is C17H26Cl2N4O. The van der Waals surface area contributed by atoms with E-state index in [4.69, 9.17) is 5.73 Å². The maximum Gasteiger partial charge on any atom is 0.222 e. The van der Waals surface area contributed by atoms with Crippen LogP contribution >= 0.6 is 24.8 Å². The zero-order valence-corrected chi connectivity index (χ0v) is 15.3. The number of carbonyl (C=O) groups excluding carboxylic acids is 1. The van der Waals surface area contributed by atoms with Crippen molar-refractivity contribution in [2.24, 2.45) is 11.7 Å². The van der Waals surface area contributed by atoms with E-state index in [1.54, 1.807) is 6.33 Å². The average Bonchev–Trinajstić information content (AvgIpc) is 2.97. The molecule has 2 unspecified atom stereocenters. The van der Waals surface area contributed by atoms with Crippen LogP contribution in [0.5, 0.6) is 0 Å². The van der Waals surface area contributed by atoms with Gasteiger partial charge in [0, 0.05) is 19.0 Å². The molecule has 1 aliphatic carbocycles. The summed E-state index contributed by atoms with van der Waals surface area (Å²) in [6, 6.07) is 8.24. The lowest BCUT2D eigenvalue weighted by molar-refractivity contribution is -0.122. The number of hydrogen-bond donors (Lipinski definition) is 2. The number of nitrogens with one attached hydrogen (secondary N) is 1. The molecule has 0 spiro atoms. The quantitative estimate of drug-likeness (QED) is 0.847. The van der Waals surface area contributed by atoms with Gasteiger partial charge in [0.15, 0.2) is 0 Å². The number of amides is 1. The van der Waals surface area contributed by atoms with E-state index in [9.17, 15) is 4.79 Å². The van der Waals surface area contributed by atoms with Gasteiger partial charge in [0.2, 0.25) is 5.91 Å². The Morgan fingerprint density at radius 1 is 1.25 bits per heavy atom. The summed E-state index contributed by atoms with van der Waals surface area (Å²) in [4.78, 5) is 16.6. The second-order valence-corrected chi connectivity index (χ2v) is 6.13. The number of benzene rings is 1. The Hall–Kier alpha value is -1.30. The van der Waals surface area contributed by atoms with Crippen molar-refractivity contribution in [3.63, 3.8) is 0 Å². The summed E-state index contributed by atoms with van der Waals surface area (Å²) in [5.74, 6) is 0.551. The van der Waals surface area contributed by atoms with E-state index < -0.39 is 0 Å². The first kappa shape index (κ1) is 20.7. The fourth-order valence-electron chi connectivity index (χ4n) is 3.37. The molecule has 0 saturated heterocycles. The lowest BCUT2D eigenvalue weighted by atomic mass is 9.84. The van der Waals surface area contributed by atoms with Crippen molar-refractivity contribution >= 4 is 41.8 Å². The molecule has 3 rings (SSSR count). The molecule has 1 fully saturated rings. The number of para-hydroxylation sites is 2. The van der Waals surface area contributed by atoms with Crippen LogP contribution in [0.3, 0.4) is 0 Å². The molecule has 7 heteroatoms. The monoisotopic (exact) mass is 372 g/mol. The zero-order valence-electron chi connectivity index (χ0n) is 13.7. The van der Waals surface area contributed by atoms with Crippen molar-refractivity contribution < 1.29 is 4.79 Å². The van der Waals surface area contributed by atoms with Crippen LogP contribution in [0, 0.1) is 5.92 Å². The van der Waals surface area contributed by atoms with Gasteiger partial charge in [-0.25, -0.2) is 4.98 Å². The molecule has 1 heterocycles. The van der Waals surface area contributed by atoms with Crippen LogP contribution in [0.4, 0.5) is 0 Å². The van der Waals surface area contributed by atoms with E-state index in [2.05, 4.69) is 10.3 Å². The topological polar surface area (TPSA) is 72.9 Å². The lowest BCUT2D eigenvalue weighted by Gasteiger charge is -2.31. The van der Waals surface area contributed by atoms with Crippen molar-refractivity contribution in [2.45, 2.75) is 44.7 Å². The highest BCUT2D eigenvalue weighted by Crippen LogP contribution is 2.23. The van der Waals surface area contributed by atoms with E-state index in [1.165, 1.54) is 12.8 Å². The van der Waals surface area contributed by atoms with Crippen LogP contribution in [-0.4, -0.2) is 28.0 Å². The van der Waals surface area contributed by atoms with Gasteiger partial charge >= 0.3 is 0 Å². The first-order chi connectivity index (χ1) is 10.8. The number of carbonyl (C=O) groups is 1. The van der Waals surface area contributed by atoms with Crippen molar-refractivity contribution in [3.05, 3.63) is 30.6 Å². The third kappa shape index (κ3) is 4.85. The Labute approximate surface area is 155 Å². The van der Waals surface area contributed by atoms with Crippen LogP contribution in [0.15, 0.2) is 30.6 Å². The predicted molar refractivity (Wildman–Crippen MR) is 102 cm³/mol. The van der Waals surface area contributed by atoms with E-state index in [-0.39, 0.29) is 36.8 Å². The van der Waals surface area contributed by atoms with Gasteiger partial charge in [-0.2, -0.15) is 0 Å². The van der Waals surface area contributed by atoms with Gasteiger partial charge in [-0.1, -0.05) is 25.0 Å². The summed E-state index contributed by atoms with van der Waals surface area (Å²) in [5, 5.41) is 3.18. The maximum absolute atomic E-state index is 12.2. The first-order valence-corrected chi connectivity index (χ1v) is 8.17. The van der Waals surface area contributed by atoms with E-state index in [0.29, 0.717) is 25.4 Å². The number of aryl methyl sites for hydroxylation is 1. The Bertz CT molecular complexity index is 646. The van der Waals surface area contributed by atoms with Gasteiger partial charge in [0.25, 0.3) is 0 Å².